The van der Waals surface area contributed by atoms with Gasteiger partial charge in [0.15, 0.2) is 0 Å². The maximum absolute atomic E-state index is 12.9. The minimum absolute atomic E-state index is 0.129. The van der Waals surface area contributed by atoms with E-state index >= 15 is 0 Å². The van der Waals surface area contributed by atoms with Crippen LogP contribution in [-0.4, -0.2) is 41.9 Å². The Morgan fingerprint density at radius 3 is 2.78 bits per heavy atom. The summed E-state index contributed by atoms with van der Waals surface area (Å²) in [6.45, 7) is 1.11. The summed E-state index contributed by atoms with van der Waals surface area (Å²) in [4.78, 5) is 27.8. The van der Waals surface area contributed by atoms with Crippen LogP contribution in [-0.2, 0) is 11.2 Å². The van der Waals surface area contributed by atoms with Crippen LogP contribution in [0, 0.1) is 5.92 Å². The summed E-state index contributed by atoms with van der Waals surface area (Å²) >= 11 is 0. The molecule has 1 heterocycles. The molecule has 0 spiro atoms. The third-order valence-corrected chi connectivity index (χ3v) is 5.24. The molecule has 1 aromatic carbocycles. The molecule has 0 bridgehead atoms. The lowest BCUT2D eigenvalue weighted by atomic mass is 9.86. The van der Waals surface area contributed by atoms with E-state index in [2.05, 4.69) is 18.2 Å². The van der Waals surface area contributed by atoms with Crippen LogP contribution in [0.25, 0.3) is 0 Å². The van der Waals surface area contributed by atoms with Gasteiger partial charge in [-0.25, -0.2) is 4.79 Å². The number of hydrogen-bond donors (Lipinski definition) is 1. The number of rotatable bonds is 2. The summed E-state index contributed by atoms with van der Waals surface area (Å²) in [7, 11) is 1.90. The maximum atomic E-state index is 12.9. The number of nitrogens with zero attached hydrogens (tertiary/aromatic N) is 2. The summed E-state index contributed by atoms with van der Waals surface area (Å²) in [5.41, 5.74) is 8.00. The van der Waals surface area contributed by atoms with Crippen molar-refractivity contribution in [1.29, 1.82) is 0 Å². The van der Waals surface area contributed by atoms with Crippen molar-refractivity contribution in [2.24, 2.45) is 11.7 Å². The number of piperidine rings is 1. The van der Waals surface area contributed by atoms with Crippen LogP contribution in [0.2, 0.25) is 0 Å². The highest BCUT2D eigenvalue weighted by molar-refractivity contribution is 5.81. The molecule has 3 amide bonds. The lowest BCUT2D eigenvalue weighted by Gasteiger charge is -2.38. The second kappa shape index (κ2) is 6.60. The normalized spacial score (nSPS) is 24.0. The summed E-state index contributed by atoms with van der Waals surface area (Å²) in [5.74, 6) is 0.00740. The molecule has 5 heteroatoms. The molecule has 0 aromatic heterocycles. The zero-order valence-corrected chi connectivity index (χ0v) is 13.7. The number of hydrogen-bond acceptors (Lipinski definition) is 2. The molecule has 1 aliphatic carbocycles. The molecule has 124 valence electrons. The Morgan fingerprint density at radius 2 is 2.00 bits per heavy atom. The van der Waals surface area contributed by atoms with Crippen LogP contribution < -0.4 is 5.73 Å². The lowest BCUT2D eigenvalue weighted by molar-refractivity contribution is -0.138. The number of primary amides is 1. The van der Waals surface area contributed by atoms with Gasteiger partial charge in [-0.05, 0) is 43.2 Å². The van der Waals surface area contributed by atoms with Gasteiger partial charge in [-0.3, -0.25) is 4.79 Å². The fraction of sp³-hybridized carbons (Fsp3) is 0.556. The van der Waals surface area contributed by atoms with Crippen molar-refractivity contribution in [3.63, 3.8) is 0 Å². The van der Waals surface area contributed by atoms with Gasteiger partial charge in [0, 0.05) is 20.1 Å². The Hall–Kier alpha value is -2.04. The zero-order valence-electron chi connectivity index (χ0n) is 13.7. The Balaban J connectivity index is 1.74. The maximum Gasteiger partial charge on any atom is 0.314 e. The van der Waals surface area contributed by atoms with Crippen LogP contribution in [0.1, 0.15) is 42.9 Å². The van der Waals surface area contributed by atoms with E-state index in [1.165, 1.54) is 11.1 Å². The number of aryl methyl sites for hydroxylation is 1. The van der Waals surface area contributed by atoms with Crippen LogP contribution in [0.3, 0.4) is 0 Å². The first-order valence-electron chi connectivity index (χ1n) is 8.47. The predicted octanol–water partition coefficient (Wildman–Crippen LogP) is 2.31. The smallest absolute Gasteiger partial charge is 0.314 e. The van der Waals surface area contributed by atoms with E-state index in [1.54, 1.807) is 4.90 Å². The number of likely N-dealkylation sites (tertiary alicyclic amines) is 1. The largest absolute Gasteiger partial charge is 0.351 e. The summed E-state index contributed by atoms with van der Waals surface area (Å²) in [6.07, 6.45) is 4.88. The molecule has 1 aromatic rings. The third kappa shape index (κ3) is 3.19. The van der Waals surface area contributed by atoms with Gasteiger partial charge in [-0.2, -0.15) is 0 Å². The number of nitrogens with two attached hydrogens (primary N) is 1. The van der Waals surface area contributed by atoms with Crippen molar-refractivity contribution < 1.29 is 9.59 Å². The molecule has 2 atom stereocenters. The van der Waals surface area contributed by atoms with E-state index in [4.69, 9.17) is 5.73 Å². The quantitative estimate of drug-likeness (QED) is 0.910. The molecule has 0 saturated carbocycles. The second-order valence-electron chi connectivity index (χ2n) is 6.68. The molecule has 2 unspecified atom stereocenters. The average Bonchev–Trinajstić information content (AvgIpc) is 2.60. The highest BCUT2D eigenvalue weighted by atomic mass is 16.2. The van der Waals surface area contributed by atoms with Crippen molar-refractivity contribution >= 4 is 11.9 Å². The van der Waals surface area contributed by atoms with E-state index in [0.717, 1.165) is 32.1 Å². The van der Waals surface area contributed by atoms with Gasteiger partial charge in [0.1, 0.15) is 0 Å². The molecule has 1 fully saturated rings. The van der Waals surface area contributed by atoms with Crippen LogP contribution in [0.5, 0.6) is 0 Å². The first kappa shape index (κ1) is 15.8. The summed E-state index contributed by atoms with van der Waals surface area (Å²) in [5, 5.41) is 0. The van der Waals surface area contributed by atoms with Gasteiger partial charge < -0.3 is 15.5 Å². The fourth-order valence-electron chi connectivity index (χ4n) is 3.95. The van der Waals surface area contributed by atoms with Gasteiger partial charge in [0.25, 0.3) is 0 Å². The fourth-order valence-corrected chi connectivity index (χ4v) is 3.95. The van der Waals surface area contributed by atoms with E-state index in [9.17, 15) is 9.59 Å². The van der Waals surface area contributed by atoms with Crippen molar-refractivity contribution in [2.75, 3.05) is 20.1 Å². The molecular formula is C18H25N3O2. The Morgan fingerprint density at radius 1 is 1.22 bits per heavy atom. The van der Waals surface area contributed by atoms with E-state index in [-0.39, 0.29) is 17.9 Å². The molecule has 1 saturated heterocycles. The Bertz CT molecular complexity index is 602. The van der Waals surface area contributed by atoms with Gasteiger partial charge in [-0.15, -0.1) is 0 Å². The number of carbonyl (C=O) groups is 2. The average molecular weight is 315 g/mol. The third-order valence-electron chi connectivity index (χ3n) is 5.24. The highest BCUT2D eigenvalue weighted by Crippen LogP contribution is 2.34. The highest BCUT2D eigenvalue weighted by Gasteiger charge is 2.33. The molecule has 1 aliphatic heterocycles. The lowest BCUT2D eigenvalue weighted by Crippen LogP contribution is -2.48. The van der Waals surface area contributed by atoms with E-state index < -0.39 is 6.03 Å². The zero-order chi connectivity index (χ0) is 16.4. The van der Waals surface area contributed by atoms with Crippen molar-refractivity contribution in [1.82, 2.24) is 9.80 Å². The number of benzene rings is 1. The Kier molecular flexibility index (Phi) is 4.55. The van der Waals surface area contributed by atoms with Crippen molar-refractivity contribution in [2.45, 2.75) is 38.1 Å². The minimum atomic E-state index is -0.423. The first-order valence-corrected chi connectivity index (χ1v) is 8.47. The topological polar surface area (TPSA) is 66.6 Å². The van der Waals surface area contributed by atoms with Crippen LogP contribution in [0.4, 0.5) is 4.79 Å². The summed E-state index contributed by atoms with van der Waals surface area (Å²) < 4.78 is 0. The number of urea groups is 1. The second-order valence-corrected chi connectivity index (χ2v) is 6.68. The summed E-state index contributed by atoms with van der Waals surface area (Å²) in [6, 6.07) is 8.14. The number of fused-ring (bicyclic) bond motifs is 1. The van der Waals surface area contributed by atoms with Crippen LogP contribution in [0.15, 0.2) is 24.3 Å². The molecule has 2 N–H and O–H groups in total. The van der Waals surface area contributed by atoms with Gasteiger partial charge in [0.2, 0.25) is 5.91 Å². The van der Waals surface area contributed by atoms with Gasteiger partial charge >= 0.3 is 6.03 Å². The van der Waals surface area contributed by atoms with Crippen molar-refractivity contribution in [3.8, 4) is 0 Å². The molecule has 3 rings (SSSR count). The number of amides is 3. The van der Waals surface area contributed by atoms with Crippen molar-refractivity contribution in [3.05, 3.63) is 35.4 Å². The molecule has 5 nitrogen and oxygen atoms in total. The predicted molar refractivity (Wildman–Crippen MR) is 88.8 cm³/mol. The molecule has 2 aliphatic rings. The van der Waals surface area contributed by atoms with Gasteiger partial charge in [-0.1, -0.05) is 24.3 Å². The standard InChI is InChI=1S/C18H25N3O2/c1-20(16-10-4-7-13-6-2-3-9-15(13)16)17(22)14-8-5-11-21(12-14)18(19)23/h2-3,6,9,14,16H,4-5,7-8,10-12H2,1H3,(H2,19,23). The Labute approximate surface area is 137 Å². The van der Waals surface area contributed by atoms with E-state index in [0.29, 0.717) is 13.1 Å². The van der Waals surface area contributed by atoms with E-state index in [1.807, 2.05) is 18.0 Å². The first-order chi connectivity index (χ1) is 11.1. The number of carbonyl (C=O) groups excluding carboxylic acids is 2. The monoisotopic (exact) mass is 315 g/mol. The SMILES string of the molecule is CN(C(=O)C1CCCN(C(N)=O)C1)C1CCCc2ccccc21. The minimum Gasteiger partial charge on any atom is -0.351 e. The van der Waals surface area contributed by atoms with Gasteiger partial charge in [0.05, 0.1) is 12.0 Å². The van der Waals surface area contributed by atoms with Crippen LogP contribution >= 0.6 is 0 Å². The molecule has 0 radical (unpaired) electrons. The molecular weight excluding hydrogens is 290 g/mol. The molecule has 23 heavy (non-hydrogen) atoms.